The Kier molecular flexibility index (Phi) is 29.0. The zero-order valence-electron chi connectivity index (χ0n) is 27.8. The van der Waals surface area contributed by atoms with Gasteiger partial charge in [0.1, 0.15) is 0 Å². The van der Waals surface area contributed by atoms with Crippen LogP contribution in [-0.4, -0.2) is 71.4 Å². The summed E-state index contributed by atoms with van der Waals surface area (Å²) in [6.45, 7) is 19.6. The molecule has 0 aliphatic rings. The van der Waals surface area contributed by atoms with E-state index in [1.165, 1.54) is 50.0 Å². The van der Waals surface area contributed by atoms with Gasteiger partial charge in [-0.25, -0.2) is 9.34 Å². The Balaban J connectivity index is 3.90. The largest absolute Gasteiger partial charge is 0.322 e. The van der Waals surface area contributed by atoms with E-state index < -0.39 is 17.1 Å². The van der Waals surface area contributed by atoms with Crippen LogP contribution in [0.15, 0.2) is 0 Å². The molecule has 0 heterocycles. The van der Waals surface area contributed by atoms with Crippen molar-refractivity contribution in [2.45, 2.75) is 144 Å². The van der Waals surface area contributed by atoms with E-state index in [2.05, 4.69) is 76.9 Å². The molecular weight excluding hydrogens is 606 g/mol. The highest BCUT2D eigenvalue weighted by Gasteiger charge is 2.28. The highest BCUT2D eigenvalue weighted by molar-refractivity contribution is 8.76. The van der Waals surface area contributed by atoms with Crippen molar-refractivity contribution in [2.24, 2.45) is 0 Å². The van der Waals surface area contributed by atoms with Crippen molar-refractivity contribution >= 4 is 38.6 Å². The lowest BCUT2D eigenvalue weighted by Crippen LogP contribution is -2.33. The Morgan fingerprint density at radius 3 is 1.12 bits per heavy atom. The van der Waals surface area contributed by atoms with Crippen LogP contribution in [0.4, 0.5) is 0 Å². The van der Waals surface area contributed by atoms with Crippen LogP contribution in [0.25, 0.3) is 0 Å². The van der Waals surface area contributed by atoms with E-state index in [1.54, 1.807) is 0 Å². The molecule has 0 bridgehead atoms. The lowest BCUT2D eigenvalue weighted by Gasteiger charge is -2.35. The molecule has 0 N–H and O–H groups in total. The lowest BCUT2D eigenvalue weighted by molar-refractivity contribution is 0.173. The average Bonchev–Trinajstić information content (AvgIpc) is 2.91. The van der Waals surface area contributed by atoms with E-state index in [4.69, 9.17) is 28.6 Å². The van der Waals surface area contributed by atoms with E-state index in [0.717, 1.165) is 12.8 Å². The molecule has 2 atom stereocenters. The molecule has 0 aromatic heterocycles. The molecule has 0 rings (SSSR count). The maximum absolute atomic E-state index is 8.84. The van der Waals surface area contributed by atoms with Gasteiger partial charge in [-0.3, -0.25) is 0 Å². The predicted octanol–water partition coefficient (Wildman–Crippen LogP) is 10.1. The summed E-state index contributed by atoms with van der Waals surface area (Å²) in [6, 6.07) is 5.66. The molecule has 246 valence electrons. The molecule has 0 saturated heterocycles. The molecule has 0 aliphatic heterocycles. The average molecular weight is 667 g/mol. The van der Waals surface area contributed by atoms with Crippen LogP contribution in [0.2, 0.25) is 0 Å². The fraction of sp³-hybridized carbons (Fsp3) is 0.933. The van der Waals surface area contributed by atoms with Gasteiger partial charge in [-0.1, -0.05) is 47.3 Å². The Bertz CT molecular complexity index is 638. The second-order valence-corrected chi connectivity index (χ2v) is 16.8. The van der Waals surface area contributed by atoms with E-state index in [0.29, 0.717) is 63.4 Å². The Morgan fingerprint density at radius 1 is 0.500 bits per heavy atom. The molecule has 0 aromatic carbocycles. The van der Waals surface area contributed by atoms with Crippen LogP contribution in [0, 0.1) is 22.7 Å². The quantitative estimate of drug-likeness (QED) is 0.0436. The van der Waals surface area contributed by atoms with Crippen LogP contribution in [0.3, 0.4) is 0 Å². The van der Waals surface area contributed by atoms with Crippen LogP contribution >= 0.6 is 38.6 Å². The zero-order chi connectivity index (χ0) is 31.6. The van der Waals surface area contributed by atoms with Gasteiger partial charge in [-0.15, -0.1) is 0 Å². The van der Waals surface area contributed by atoms with Gasteiger partial charge in [0.15, 0.2) is 0 Å². The minimum absolute atomic E-state index is 0.340. The van der Waals surface area contributed by atoms with Crippen molar-refractivity contribution in [3.8, 4) is 12.1 Å². The second kappa shape index (κ2) is 28.8. The number of rotatable bonds is 29. The number of unbranched alkanes of at least 4 members (excludes halogenated alkanes) is 6. The van der Waals surface area contributed by atoms with Gasteiger partial charge < -0.3 is 18.1 Å². The highest BCUT2D eigenvalue weighted by atomic mass is 33.1. The van der Waals surface area contributed by atoms with Crippen molar-refractivity contribution in [1.29, 1.82) is 10.5 Å². The molecule has 0 radical (unpaired) electrons. The summed E-state index contributed by atoms with van der Waals surface area (Å²) < 4.78 is 28.8. The zero-order valence-corrected chi connectivity index (χ0v) is 31.2. The number of nitrogens with zero attached hydrogens (tertiary/aromatic N) is 4. The van der Waals surface area contributed by atoms with Crippen LogP contribution in [0.1, 0.15) is 120 Å². The smallest absolute Gasteiger partial charge is 0.259 e. The first-order valence-corrected chi connectivity index (χ1v) is 20.6. The number of nitriles is 2. The van der Waals surface area contributed by atoms with Crippen LogP contribution in [-0.2, 0) is 18.1 Å². The van der Waals surface area contributed by atoms with E-state index in [9.17, 15) is 0 Å². The number of hydrogen-bond donors (Lipinski definition) is 0. The lowest BCUT2D eigenvalue weighted by atomic mass is 10.2. The second-order valence-electron chi connectivity index (χ2n) is 11.2. The highest BCUT2D eigenvalue weighted by Crippen LogP contribution is 2.47. The molecule has 2 unspecified atom stereocenters. The van der Waals surface area contributed by atoms with Gasteiger partial charge >= 0.3 is 0 Å². The summed E-state index contributed by atoms with van der Waals surface area (Å²) in [5.74, 6) is 2.41. The van der Waals surface area contributed by atoms with Crippen LogP contribution < -0.4 is 0 Å². The monoisotopic (exact) mass is 666 g/mol. The fourth-order valence-corrected chi connectivity index (χ4v) is 9.81. The third-order valence-corrected chi connectivity index (χ3v) is 12.8. The molecular formula is C30H60N4O4P2S2. The van der Waals surface area contributed by atoms with Crippen molar-refractivity contribution in [1.82, 2.24) is 9.34 Å². The van der Waals surface area contributed by atoms with Crippen molar-refractivity contribution in [3.63, 3.8) is 0 Å². The van der Waals surface area contributed by atoms with Gasteiger partial charge in [0.05, 0.1) is 51.4 Å². The summed E-state index contributed by atoms with van der Waals surface area (Å²) in [5.41, 5.74) is 0. The molecule has 0 amide bonds. The van der Waals surface area contributed by atoms with E-state index in [-0.39, 0.29) is 0 Å². The first-order valence-electron chi connectivity index (χ1n) is 15.8. The topological polar surface area (TPSA) is 91.0 Å². The SMILES string of the molecule is CC(C)N(C(C)C)P(OCCC#N)OCCCCCCSSCCCCCCOP(OCCC#N)N(C(C)C)C(C)C. The van der Waals surface area contributed by atoms with Crippen molar-refractivity contribution in [2.75, 3.05) is 37.9 Å². The van der Waals surface area contributed by atoms with Gasteiger partial charge in [0.25, 0.3) is 17.1 Å². The third kappa shape index (κ3) is 21.9. The molecule has 0 saturated carbocycles. The fourth-order valence-electron chi connectivity index (χ4n) is 4.26. The van der Waals surface area contributed by atoms with Crippen molar-refractivity contribution < 1.29 is 18.1 Å². The van der Waals surface area contributed by atoms with Gasteiger partial charge in [0.2, 0.25) is 0 Å². The molecule has 0 aromatic rings. The van der Waals surface area contributed by atoms with Crippen molar-refractivity contribution in [3.05, 3.63) is 0 Å². The molecule has 8 nitrogen and oxygen atoms in total. The third-order valence-electron chi connectivity index (χ3n) is 6.06. The van der Waals surface area contributed by atoms with Gasteiger partial charge in [0, 0.05) is 35.7 Å². The molecule has 12 heteroatoms. The minimum Gasteiger partial charge on any atom is -0.322 e. The number of hydrogen-bond acceptors (Lipinski definition) is 10. The Morgan fingerprint density at radius 2 is 0.810 bits per heavy atom. The summed E-state index contributed by atoms with van der Waals surface area (Å²) >= 11 is 0. The van der Waals surface area contributed by atoms with Gasteiger partial charge in [-0.05, 0) is 81.1 Å². The van der Waals surface area contributed by atoms with Crippen LogP contribution in [0.5, 0.6) is 0 Å². The first-order chi connectivity index (χ1) is 20.2. The molecule has 0 aliphatic carbocycles. The standard InChI is InChI=1S/C30H60N4O4P2S2/c1-27(2)33(28(3)4)39(37-23-17-19-31)35-21-13-9-11-15-25-41-42-26-16-12-10-14-22-36-40(38-24-18-20-32)34(29(5)6)30(7)8/h27-30H,9-18,21-26H2,1-8H3. The predicted molar refractivity (Wildman–Crippen MR) is 184 cm³/mol. The van der Waals surface area contributed by atoms with Gasteiger partial charge in [-0.2, -0.15) is 10.5 Å². The maximum atomic E-state index is 8.84. The summed E-state index contributed by atoms with van der Waals surface area (Å²) in [5, 5.41) is 17.7. The summed E-state index contributed by atoms with van der Waals surface area (Å²) in [7, 11) is 1.77. The Hall–Kier alpha value is 0.300. The van der Waals surface area contributed by atoms with E-state index in [1.807, 2.05) is 21.6 Å². The molecule has 0 spiro atoms. The Labute approximate surface area is 269 Å². The molecule has 0 fully saturated rings. The molecule has 42 heavy (non-hydrogen) atoms. The summed E-state index contributed by atoms with van der Waals surface area (Å²) in [4.78, 5) is 0. The van der Waals surface area contributed by atoms with E-state index >= 15 is 0 Å². The normalized spacial score (nSPS) is 13.5. The summed E-state index contributed by atoms with van der Waals surface area (Å²) in [6.07, 6.45) is 10.2. The minimum atomic E-state index is -1.12. The first kappa shape index (κ1) is 42.3. The maximum Gasteiger partial charge on any atom is 0.259 e.